The minimum absolute atomic E-state index is 0. The molecule has 0 spiro atoms. The molecule has 3 atom stereocenters. The SMILES string of the molecule is CCOCCCNC(=NCC(=O)N(C)C)NC1C2CCOC2C1(C)C.I. The molecule has 26 heavy (non-hydrogen) atoms. The van der Waals surface area contributed by atoms with Gasteiger partial charge in [0.2, 0.25) is 5.91 Å². The first-order chi connectivity index (χ1) is 11.9. The van der Waals surface area contributed by atoms with E-state index < -0.39 is 0 Å². The summed E-state index contributed by atoms with van der Waals surface area (Å²) in [6.45, 7) is 9.66. The number of aliphatic imine (C=N–C) groups is 1. The van der Waals surface area contributed by atoms with Crippen LogP contribution in [0.5, 0.6) is 0 Å². The van der Waals surface area contributed by atoms with Gasteiger partial charge >= 0.3 is 0 Å². The Morgan fingerprint density at radius 2 is 2.12 bits per heavy atom. The van der Waals surface area contributed by atoms with Crippen molar-refractivity contribution in [3.63, 3.8) is 0 Å². The van der Waals surface area contributed by atoms with Crippen LogP contribution >= 0.6 is 24.0 Å². The molecule has 1 aliphatic heterocycles. The quantitative estimate of drug-likeness (QED) is 0.237. The molecule has 0 bridgehead atoms. The normalized spacial score (nSPS) is 26.3. The summed E-state index contributed by atoms with van der Waals surface area (Å²) in [7, 11) is 3.49. The smallest absolute Gasteiger partial charge is 0.243 e. The molecule has 1 saturated carbocycles. The zero-order valence-corrected chi connectivity index (χ0v) is 19.0. The standard InChI is InChI=1S/C18H34N4O3.HI/c1-6-24-10-7-9-19-17(20-12-14(23)22(4)5)21-15-13-8-11-25-16(13)18(15,2)3;/h13,15-16H,6-12H2,1-5H3,(H2,19,20,21);1H. The van der Waals surface area contributed by atoms with E-state index in [0.29, 0.717) is 24.0 Å². The first-order valence-electron chi connectivity index (χ1n) is 9.32. The summed E-state index contributed by atoms with van der Waals surface area (Å²) in [5.41, 5.74) is 0.0699. The highest BCUT2D eigenvalue weighted by Crippen LogP contribution is 2.52. The summed E-state index contributed by atoms with van der Waals surface area (Å²) in [5, 5.41) is 6.88. The van der Waals surface area contributed by atoms with E-state index in [-0.39, 0.29) is 41.8 Å². The number of hydrogen-bond acceptors (Lipinski definition) is 4. The van der Waals surface area contributed by atoms with E-state index in [2.05, 4.69) is 29.5 Å². The minimum atomic E-state index is -0.00892. The highest BCUT2D eigenvalue weighted by Gasteiger charge is 2.59. The molecule has 2 N–H and O–H groups in total. The van der Waals surface area contributed by atoms with Gasteiger partial charge in [0, 0.05) is 57.8 Å². The van der Waals surface area contributed by atoms with Gasteiger partial charge in [-0.3, -0.25) is 4.79 Å². The molecule has 152 valence electrons. The number of nitrogens with zero attached hydrogens (tertiary/aromatic N) is 2. The molecule has 0 radical (unpaired) electrons. The molecule has 1 saturated heterocycles. The molecule has 0 aromatic rings. The van der Waals surface area contributed by atoms with Gasteiger partial charge in [0.05, 0.1) is 6.10 Å². The molecule has 8 heteroatoms. The van der Waals surface area contributed by atoms with E-state index in [9.17, 15) is 4.79 Å². The summed E-state index contributed by atoms with van der Waals surface area (Å²) in [6, 6.07) is 0.313. The number of halogens is 1. The van der Waals surface area contributed by atoms with Crippen molar-refractivity contribution < 1.29 is 14.3 Å². The Hall–Kier alpha value is -0.610. The zero-order chi connectivity index (χ0) is 18.4. The maximum absolute atomic E-state index is 11.9. The Bertz CT molecular complexity index is 485. The minimum Gasteiger partial charge on any atom is -0.382 e. The van der Waals surface area contributed by atoms with Crippen molar-refractivity contribution in [1.29, 1.82) is 0 Å². The molecule has 0 aromatic heterocycles. The zero-order valence-electron chi connectivity index (χ0n) is 16.7. The Balaban J connectivity index is 0.00000338. The lowest BCUT2D eigenvalue weighted by atomic mass is 9.57. The van der Waals surface area contributed by atoms with Gasteiger partial charge in [-0.2, -0.15) is 0 Å². The maximum Gasteiger partial charge on any atom is 0.243 e. The van der Waals surface area contributed by atoms with Crippen molar-refractivity contribution in [1.82, 2.24) is 15.5 Å². The second kappa shape index (κ2) is 10.7. The molecule has 0 aromatic carbocycles. The third kappa shape index (κ3) is 5.69. The first-order valence-corrected chi connectivity index (χ1v) is 9.32. The Morgan fingerprint density at radius 3 is 2.77 bits per heavy atom. The van der Waals surface area contributed by atoms with Crippen LogP contribution in [-0.4, -0.2) is 75.9 Å². The van der Waals surface area contributed by atoms with E-state index >= 15 is 0 Å². The first kappa shape index (κ1) is 23.4. The highest BCUT2D eigenvalue weighted by atomic mass is 127. The van der Waals surface area contributed by atoms with Gasteiger partial charge in [-0.25, -0.2) is 4.99 Å². The Labute approximate surface area is 174 Å². The molecule has 1 amide bonds. The van der Waals surface area contributed by atoms with E-state index in [1.165, 1.54) is 0 Å². The van der Waals surface area contributed by atoms with Gasteiger partial charge in [0.25, 0.3) is 0 Å². The fourth-order valence-electron chi connectivity index (χ4n) is 3.73. The van der Waals surface area contributed by atoms with Crippen LogP contribution in [0.4, 0.5) is 0 Å². The van der Waals surface area contributed by atoms with Gasteiger partial charge in [-0.05, 0) is 19.8 Å². The maximum atomic E-state index is 11.9. The lowest BCUT2D eigenvalue weighted by Crippen LogP contribution is -2.68. The third-order valence-electron chi connectivity index (χ3n) is 5.23. The molecule has 2 aliphatic rings. The fourth-order valence-corrected chi connectivity index (χ4v) is 3.73. The van der Waals surface area contributed by atoms with Crippen molar-refractivity contribution in [2.75, 3.05) is 47.0 Å². The number of hydrogen-bond donors (Lipinski definition) is 2. The number of guanidine groups is 1. The van der Waals surface area contributed by atoms with Crippen LogP contribution in [-0.2, 0) is 14.3 Å². The molecule has 1 heterocycles. The summed E-state index contributed by atoms with van der Waals surface area (Å²) in [5.74, 6) is 1.22. The summed E-state index contributed by atoms with van der Waals surface area (Å²) >= 11 is 0. The van der Waals surface area contributed by atoms with Crippen LogP contribution in [0.15, 0.2) is 4.99 Å². The van der Waals surface area contributed by atoms with Crippen LogP contribution in [0.25, 0.3) is 0 Å². The van der Waals surface area contributed by atoms with Gasteiger partial charge in [0.1, 0.15) is 6.54 Å². The third-order valence-corrected chi connectivity index (χ3v) is 5.23. The van der Waals surface area contributed by atoms with Crippen molar-refractivity contribution in [2.45, 2.75) is 45.8 Å². The number of fused-ring (bicyclic) bond motifs is 1. The molecule has 7 nitrogen and oxygen atoms in total. The second-order valence-electron chi connectivity index (χ2n) is 7.62. The van der Waals surface area contributed by atoms with E-state index in [4.69, 9.17) is 9.47 Å². The van der Waals surface area contributed by atoms with Crippen LogP contribution in [0, 0.1) is 11.3 Å². The summed E-state index contributed by atoms with van der Waals surface area (Å²) < 4.78 is 11.2. The van der Waals surface area contributed by atoms with E-state index in [1.807, 2.05) is 6.92 Å². The number of likely N-dealkylation sites (N-methyl/N-ethyl adjacent to an activating group) is 1. The second-order valence-corrected chi connectivity index (χ2v) is 7.62. The monoisotopic (exact) mass is 482 g/mol. The van der Waals surface area contributed by atoms with Crippen molar-refractivity contribution in [2.24, 2.45) is 16.3 Å². The van der Waals surface area contributed by atoms with Crippen LogP contribution in [0.2, 0.25) is 0 Å². The average molecular weight is 482 g/mol. The topological polar surface area (TPSA) is 75.2 Å². The lowest BCUT2D eigenvalue weighted by molar-refractivity contribution is -0.127. The number of carbonyl (C=O) groups excluding carboxylic acids is 1. The number of nitrogens with one attached hydrogen (secondary N) is 2. The molecular weight excluding hydrogens is 447 g/mol. The van der Waals surface area contributed by atoms with Gasteiger partial charge in [-0.1, -0.05) is 13.8 Å². The van der Waals surface area contributed by atoms with Crippen LogP contribution < -0.4 is 10.6 Å². The van der Waals surface area contributed by atoms with Crippen molar-refractivity contribution in [3.05, 3.63) is 0 Å². The van der Waals surface area contributed by atoms with Crippen molar-refractivity contribution in [3.8, 4) is 0 Å². The number of ether oxygens (including phenoxy) is 2. The largest absolute Gasteiger partial charge is 0.382 e. The van der Waals surface area contributed by atoms with Crippen LogP contribution in [0.3, 0.4) is 0 Å². The molecular formula is C18H35IN4O3. The molecule has 3 unspecified atom stereocenters. The number of rotatable bonds is 8. The van der Waals surface area contributed by atoms with Gasteiger partial charge in [0.15, 0.2) is 5.96 Å². The summed E-state index contributed by atoms with van der Waals surface area (Å²) in [4.78, 5) is 17.9. The number of amides is 1. The van der Waals surface area contributed by atoms with Gasteiger partial charge in [-0.15, -0.1) is 24.0 Å². The van der Waals surface area contributed by atoms with Crippen LogP contribution in [0.1, 0.15) is 33.6 Å². The highest BCUT2D eigenvalue weighted by molar-refractivity contribution is 14.0. The van der Waals surface area contributed by atoms with Gasteiger partial charge < -0.3 is 25.0 Å². The molecule has 1 aliphatic carbocycles. The van der Waals surface area contributed by atoms with E-state index in [1.54, 1.807) is 19.0 Å². The predicted molar refractivity (Wildman–Crippen MR) is 114 cm³/mol. The predicted octanol–water partition coefficient (Wildman–Crippen LogP) is 1.47. The molecule has 2 rings (SSSR count). The lowest BCUT2D eigenvalue weighted by Gasteiger charge is -2.54. The molecule has 2 fully saturated rings. The Kier molecular flexibility index (Phi) is 9.60. The average Bonchev–Trinajstić information content (AvgIpc) is 3.02. The van der Waals surface area contributed by atoms with Crippen molar-refractivity contribution >= 4 is 35.8 Å². The van der Waals surface area contributed by atoms with E-state index in [0.717, 1.165) is 39.2 Å². The summed E-state index contributed by atoms with van der Waals surface area (Å²) in [6.07, 6.45) is 2.31. The number of carbonyl (C=O) groups is 1. The Morgan fingerprint density at radius 1 is 1.38 bits per heavy atom. The fraction of sp³-hybridized carbons (Fsp3) is 0.889.